The molecule has 0 heterocycles. The van der Waals surface area contributed by atoms with E-state index < -0.39 is 22.6 Å². The van der Waals surface area contributed by atoms with Crippen LogP contribution in [0.25, 0.3) is 0 Å². The molecule has 0 aromatic heterocycles. The van der Waals surface area contributed by atoms with Crippen LogP contribution in [-0.2, 0) is 19.6 Å². The van der Waals surface area contributed by atoms with Gasteiger partial charge in [0.25, 0.3) is 15.9 Å². The standard InChI is InChI=1S/C27H32N2O5S/c1-3-14-29(23-9-5-4-6-10-23)35(32,33)24-11-7-8-22(17-24)27(31)34-18-26(30)28-19(2)25-16-20-12-13-21(25)15-20/h3-11,17,19-21,25H,1,12-16,18H2,2H3,(H,28,30)/t19-,20+,21+,25+/m1/s1. The van der Waals surface area contributed by atoms with Crippen molar-refractivity contribution >= 4 is 27.6 Å². The smallest absolute Gasteiger partial charge is 0.338 e. The largest absolute Gasteiger partial charge is 0.452 e. The molecule has 2 aromatic carbocycles. The maximum Gasteiger partial charge on any atom is 0.338 e. The predicted octanol–water partition coefficient (Wildman–Crippen LogP) is 4.17. The second-order valence-corrected chi connectivity index (χ2v) is 11.3. The maximum atomic E-state index is 13.3. The summed E-state index contributed by atoms with van der Waals surface area (Å²) in [6, 6.07) is 14.4. The van der Waals surface area contributed by atoms with Crippen LogP contribution in [0.2, 0.25) is 0 Å². The van der Waals surface area contributed by atoms with Crippen LogP contribution in [0, 0.1) is 17.8 Å². The van der Waals surface area contributed by atoms with E-state index in [1.807, 2.05) is 6.92 Å². The summed E-state index contributed by atoms with van der Waals surface area (Å²) in [5.74, 6) is 0.853. The molecule has 2 aromatic rings. The van der Waals surface area contributed by atoms with Crippen LogP contribution in [0.15, 0.2) is 72.1 Å². The molecule has 1 N–H and O–H groups in total. The molecule has 2 fully saturated rings. The highest BCUT2D eigenvalue weighted by Crippen LogP contribution is 2.49. The van der Waals surface area contributed by atoms with E-state index in [0.29, 0.717) is 17.5 Å². The lowest BCUT2D eigenvalue weighted by Crippen LogP contribution is -2.42. The summed E-state index contributed by atoms with van der Waals surface area (Å²) in [5.41, 5.74) is 0.549. The van der Waals surface area contributed by atoms with Gasteiger partial charge in [-0.1, -0.05) is 36.8 Å². The zero-order chi connectivity index (χ0) is 25.0. The summed E-state index contributed by atoms with van der Waals surface area (Å²) in [4.78, 5) is 25.0. The number of fused-ring (bicyclic) bond motifs is 2. The number of hydrogen-bond donors (Lipinski definition) is 1. The Morgan fingerprint density at radius 2 is 1.91 bits per heavy atom. The summed E-state index contributed by atoms with van der Waals surface area (Å²) in [5, 5.41) is 2.97. The number of ether oxygens (including phenoxy) is 1. The lowest BCUT2D eigenvalue weighted by molar-refractivity contribution is -0.125. The Morgan fingerprint density at radius 1 is 1.14 bits per heavy atom. The van der Waals surface area contributed by atoms with Gasteiger partial charge in [0.1, 0.15) is 0 Å². The Labute approximate surface area is 207 Å². The number of nitrogens with one attached hydrogen (secondary N) is 1. The number of benzene rings is 2. The van der Waals surface area contributed by atoms with Gasteiger partial charge in [-0.25, -0.2) is 13.2 Å². The van der Waals surface area contributed by atoms with Crippen molar-refractivity contribution in [1.82, 2.24) is 5.32 Å². The fourth-order valence-electron chi connectivity index (χ4n) is 5.49. The third-order valence-corrected chi connectivity index (χ3v) is 8.94. The summed E-state index contributed by atoms with van der Waals surface area (Å²) >= 11 is 0. The van der Waals surface area contributed by atoms with Crippen molar-refractivity contribution in [3.05, 3.63) is 72.8 Å². The van der Waals surface area contributed by atoms with Gasteiger partial charge in [-0.05, 0) is 74.3 Å². The van der Waals surface area contributed by atoms with Gasteiger partial charge in [-0.15, -0.1) is 6.58 Å². The molecule has 2 saturated carbocycles. The topological polar surface area (TPSA) is 92.8 Å². The summed E-state index contributed by atoms with van der Waals surface area (Å²) in [7, 11) is -3.96. The van der Waals surface area contributed by atoms with Gasteiger partial charge in [0, 0.05) is 6.04 Å². The van der Waals surface area contributed by atoms with Gasteiger partial charge in [-0.3, -0.25) is 9.10 Å². The normalized spacial score (nSPS) is 21.8. The minimum Gasteiger partial charge on any atom is -0.452 e. The third kappa shape index (κ3) is 5.59. The van der Waals surface area contributed by atoms with Crippen LogP contribution in [0.1, 0.15) is 43.0 Å². The Hall–Kier alpha value is -3.13. The Morgan fingerprint density at radius 3 is 2.57 bits per heavy atom. The molecule has 0 aliphatic heterocycles. The second kappa shape index (κ2) is 10.6. The van der Waals surface area contributed by atoms with E-state index >= 15 is 0 Å². The first-order chi connectivity index (χ1) is 16.8. The van der Waals surface area contributed by atoms with Crippen LogP contribution >= 0.6 is 0 Å². The highest BCUT2D eigenvalue weighted by atomic mass is 32.2. The predicted molar refractivity (Wildman–Crippen MR) is 134 cm³/mol. The lowest BCUT2D eigenvalue weighted by Gasteiger charge is -2.28. The molecule has 0 radical (unpaired) electrons. The van der Waals surface area contributed by atoms with E-state index in [1.165, 1.54) is 53.9 Å². The van der Waals surface area contributed by atoms with Gasteiger partial charge in [0.15, 0.2) is 6.61 Å². The minimum atomic E-state index is -3.96. The SMILES string of the molecule is C=CCN(c1ccccc1)S(=O)(=O)c1cccc(C(=O)OCC(=O)N[C@H](C)[C@@H]2C[C@H]3CC[C@H]2C3)c1. The van der Waals surface area contributed by atoms with Crippen molar-refractivity contribution < 1.29 is 22.7 Å². The molecule has 1 amide bonds. The molecule has 4 rings (SSSR count). The molecule has 35 heavy (non-hydrogen) atoms. The first kappa shape index (κ1) is 25.0. The number of nitrogens with zero attached hydrogens (tertiary/aromatic N) is 1. The fraction of sp³-hybridized carbons (Fsp3) is 0.407. The van der Waals surface area contributed by atoms with Crippen LogP contribution in [0.5, 0.6) is 0 Å². The summed E-state index contributed by atoms with van der Waals surface area (Å²) in [6.07, 6.45) is 6.44. The van der Waals surface area contributed by atoms with Crippen LogP contribution in [0.4, 0.5) is 5.69 Å². The molecular weight excluding hydrogens is 464 g/mol. The molecule has 4 atom stereocenters. The van der Waals surface area contributed by atoms with E-state index in [4.69, 9.17) is 4.74 Å². The molecule has 7 nitrogen and oxygen atoms in total. The number of sulfonamides is 1. The highest BCUT2D eigenvalue weighted by molar-refractivity contribution is 7.92. The number of carbonyl (C=O) groups excluding carboxylic acids is 2. The van der Waals surface area contributed by atoms with E-state index in [0.717, 1.165) is 12.3 Å². The molecule has 2 aliphatic rings. The first-order valence-electron chi connectivity index (χ1n) is 12.0. The van der Waals surface area contributed by atoms with Crippen LogP contribution in [-0.4, -0.2) is 39.5 Å². The third-order valence-electron chi connectivity index (χ3n) is 7.15. The molecule has 0 unspecified atom stereocenters. The number of para-hydroxylation sites is 1. The molecule has 2 bridgehead atoms. The second-order valence-electron chi connectivity index (χ2n) is 9.46. The lowest BCUT2D eigenvalue weighted by atomic mass is 9.84. The first-order valence-corrected chi connectivity index (χ1v) is 13.5. The highest BCUT2D eigenvalue weighted by Gasteiger charge is 2.42. The van der Waals surface area contributed by atoms with Gasteiger partial charge in [0.2, 0.25) is 0 Å². The van der Waals surface area contributed by atoms with Gasteiger partial charge < -0.3 is 10.1 Å². The van der Waals surface area contributed by atoms with Crippen molar-refractivity contribution in [2.24, 2.45) is 17.8 Å². The summed E-state index contributed by atoms with van der Waals surface area (Å²) < 4.78 is 33.1. The van der Waals surface area contributed by atoms with E-state index in [9.17, 15) is 18.0 Å². The number of rotatable bonds is 10. The summed E-state index contributed by atoms with van der Waals surface area (Å²) in [6.45, 7) is 5.34. The van der Waals surface area contributed by atoms with Gasteiger partial charge in [-0.2, -0.15) is 0 Å². The van der Waals surface area contributed by atoms with Crippen molar-refractivity contribution in [3.63, 3.8) is 0 Å². The maximum absolute atomic E-state index is 13.3. The molecule has 0 saturated heterocycles. The van der Waals surface area contributed by atoms with Crippen molar-refractivity contribution in [1.29, 1.82) is 0 Å². The van der Waals surface area contributed by atoms with Crippen molar-refractivity contribution in [2.45, 2.75) is 43.5 Å². The number of hydrogen-bond acceptors (Lipinski definition) is 5. The Balaban J connectivity index is 1.39. The zero-order valence-electron chi connectivity index (χ0n) is 19.9. The number of carbonyl (C=O) groups is 2. The van der Waals surface area contributed by atoms with Crippen molar-refractivity contribution in [3.8, 4) is 0 Å². The molecular formula is C27H32N2O5S. The van der Waals surface area contributed by atoms with Crippen molar-refractivity contribution in [2.75, 3.05) is 17.5 Å². The number of esters is 1. The average molecular weight is 497 g/mol. The number of anilines is 1. The Kier molecular flexibility index (Phi) is 7.60. The fourth-order valence-corrected chi connectivity index (χ4v) is 6.97. The van der Waals surface area contributed by atoms with Crippen LogP contribution < -0.4 is 9.62 Å². The van der Waals surface area contributed by atoms with Gasteiger partial charge >= 0.3 is 5.97 Å². The molecule has 2 aliphatic carbocycles. The van der Waals surface area contributed by atoms with E-state index in [1.54, 1.807) is 30.3 Å². The van der Waals surface area contributed by atoms with E-state index in [-0.39, 0.29) is 29.0 Å². The van der Waals surface area contributed by atoms with Gasteiger partial charge in [0.05, 0.1) is 22.7 Å². The number of amides is 1. The quantitative estimate of drug-likeness (QED) is 0.394. The Bertz CT molecular complexity index is 1180. The zero-order valence-corrected chi connectivity index (χ0v) is 20.7. The van der Waals surface area contributed by atoms with Crippen LogP contribution in [0.3, 0.4) is 0 Å². The average Bonchev–Trinajstić information content (AvgIpc) is 3.50. The van der Waals surface area contributed by atoms with E-state index in [2.05, 4.69) is 11.9 Å². The molecule has 0 spiro atoms. The minimum absolute atomic E-state index is 0.0406. The molecule has 8 heteroatoms. The monoisotopic (exact) mass is 496 g/mol. The molecule has 186 valence electrons.